The Balaban J connectivity index is 1.24. The van der Waals surface area contributed by atoms with E-state index in [0.29, 0.717) is 22.7 Å². The standard InChI is InChI=1S/C36H43B2FN2O5S/c1-33(2)34(3,4)44-37(43-33)23-14-15-26-22(16-23)17-27-30-25(39)18-24(38-45-35(5,6)36(7,8)46-38)19-28(30)42-32(41(26)27)29-20-40-31(47-29)21-12-10-9-11-13-21/h14-21,32H,9-13H2,1-8H3. The highest BCUT2D eigenvalue weighted by Gasteiger charge is 2.53. The van der Waals surface area contributed by atoms with E-state index in [1.54, 1.807) is 11.3 Å². The van der Waals surface area contributed by atoms with Crippen molar-refractivity contribution in [1.29, 1.82) is 0 Å². The van der Waals surface area contributed by atoms with Gasteiger partial charge in [-0.1, -0.05) is 31.4 Å². The first-order valence-electron chi connectivity index (χ1n) is 17.0. The molecule has 7 nitrogen and oxygen atoms in total. The number of hydrogen-bond acceptors (Lipinski definition) is 7. The minimum Gasteiger partial charge on any atom is -0.464 e. The van der Waals surface area contributed by atoms with Gasteiger partial charge in [-0.3, -0.25) is 4.57 Å². The summed E-state index contributed by atoms with van der Waals surface area (Å²) in [4.78, 5) is 5.90. The predicted molar refractivity (Wildman–Crippen MR) is 185 cm³/mol. The normalized spacial score (nSPS) is 24.4. The first kappa shape index (κ1) is 31.6. The fourth-order valence-electron chi connectivity index (χ4n) is 7.20. The quantitative estimate of drug-likeness (QED) is 0.212. The van der Waals surface area contributed by atoms with Crippen molar-refractivity contribution in [3.8, 4) is 17.0 Å². The fraction of sp³-hybridized carbons (Fsp3) is 0.528. The second kappa shape index (κ2) is 10.7. The van der Waals surface area contributed by atoms with E-state index < -0.39 is 42.9 Å². The van der Waals surface area contributed by atoms with Crippen LogP contribution >= 0.6 is 11.3 Å². The van der Waals surface area contributed by atoms with Gasteiger partial charge in [0.2, 0.25) is 6.23 Å². The maximum atomic E-state index is 16.4. The molecule has 1 unspecified atom stereocenters. The molecule has 4 aliphatic rings. The summed E-state index contributed by atoms with van der Waals surface area (Å²) < 4.78 is 50.7. The third-order valence-corrected chi connectivity index (χ3v) is 12.6. The molecule has 3 aliphatic heterocycles. The molecular formula is C36H43B2FN2O5S. The molecule has 1 aliphatic carbocycles. The van der Waals surface area contributed by atoms with Crippen LogP contribution in [0.2, 0.25) is 0 Å². The summed E-state index contributed by atoms with van der Waals surface area (Å²) in [5.41, 5.74) is 1.63. The van der Waals surface area contributed by atoms with E-state index in [-0.39, 0.29) is 5.82 Å². The Morgan fingerprint density at radius 1 is 0.787 bits per heavy atom. The number of hydrogen-bond donors (Lipinski definition) is 0. The highest BCUT2D eigenvalue weighted by molar-refractivity contribution is 7.11. The van der Waals surface area contributed by atoms with Gasteiger partial charge in [-0.15, -0.1) is 11.3 Å². The van der Waals surface area contributed by atoms with Crippen LogP contribution in [0.4, 0.5) is 4.39 Å². The summed E-state index contributed by atoms with van der Waals surface area (Å²) in [6.07, 6.45) is 7.55. The summed E-state index contributed by atoms with van der Waals surface area (Å²) >= 11 is 1.71. The molecular weight excluding hydrogens is 613 g/mol. The van der Waals surface area contributed by atoms with Crippen LogP contribution in [-0.4, -0.2) is 46.2 Å². The van der Waals surface area contributed by atoms with E-state index in [1.807, 2.05) is 46.0 Å². The molecule has 1 atom stereocenters. The predicted octanol–water partition coefficient (Wildman–Crippen LogP) is 7.49. The largest absolute Gasteiger partial charge is 0.495 e. The van der Waals surface area contributed by atoms with Crippen LogP contribution in [0.5, 0.6) is 5.75 Å². The zero-order valence-corrected chi connectivity index (χ0v) is 29.4. The Morgan fingerprint density at radius 2 is 1.40 bits per heavy atom. The maximum absolute atomic E-state index is 16.4. The molecule has 0 N–H and O–H groups in total. The Hall–Kier alpha value is -2.69. The number of thiazole rings is 1. The Labute approximate surface area is 281 Å². The van der Waals surface area contributed by atoms with Crippen LogP contribution in [0.3, 0.4) is 0 Å². The monoisotopic (exact) mass is 656 g/mol. The molecule has 0 bridgehead atoms. The molecule has 2 saturated heterocycles. The topological polar surface area (TPSA) is 64.0 Å². The van der Waals surface area contributed by atoms with Crippen molar-refractivity contribution in [3.63, 3.8) is 0 Å². The molecule has 246 valence electrons. The van der Waals surface area contributed by atoms with Gasteiger partial charge in [0.25, 0.3) is 0 Å². The number of fused-ring (bicyclic) bond motifs is 5. The van der Waals surface area contributed by atoms with E-state index in [1.165, 1.54) is 38.2 Å². The molecule has 0 radical (unpaired) electrons. The smallest absolute Gasteiger partial charge is 0.464 e. The van der Waals surface area contributed by atoms with Gasteiger partial charge in [0.05, 0.1) is 49.1 Å². The summed E-state index contributed by atoms with van der Waals surface area (Å²) in [7, 11) is -1.21. The van der Waals surface area contributed by atoms with Gasteiger partial charge < -0.3 is 23.4 Å². The number of aromatic nitrogens is 2. The number of halogens is 1. The second-order valence-electron chi connectivity index (χ2n) is 15.7. The fourth-order valence-corrected chi connectivity index (χ4v) is 8.30. The molecule has 0 amide bonds. The zero-order valence-electron chi connectivity index (χ0n) is 28.6. The molecule has 0 spiro atoms. The zero-order chi connectivity index (χ0) is 33.1. The van der Waals surface area contributed by atoms with E-state index in [9.17, 15) is 0 Å². The SMILES string of the molecule is CC1(C)OB(c2cc(F)c3c(c2)OC(c2cnc(C4CCCCC4)s2)n2c-3cc3cc(B4OC(C)(C)C(C)(C)O4)ccc32)OC1(C)C. The molecule has 11 heteroatoms. The first-order valence-corrected chi connectivity index (χ1v) is 17.8. The van der Waals surface area contributed by atoms with Gasteiger partial charge in [-0.2, -0.15) is 0 Å². The Morgan fingerprint density at radius 3 is 2.04 bits per heavy atom. The summed E-state index contributed by atoms with van der Waals surface area (Å²) in [5.74, 6) is 0.566. The lowest BCUT2D eigenvalue weighted by molar-refractivity contribution is 0.00578. The van der Waals surface area contributed by atoms with Gasteiger partial charge in [0, 0.05) is 17.5 Å². The van der Waals surface area contributed by atoms with Gasteiger partial charge in [-0.25, -0.2) is 9.37 Å². The summed E-state index contributed by atoms with van der Waals surface area (Å²) in [5, 5.41) is 2.12. The molecule has 3 fully saturated rings. The first-order chi connectivity index (χ1) is 22.1. The molecule has 8 rings (SSSR count). The average molecular weight is 656 g/mol. The van der Waals surface area contributed by atoms with Gasteiger partial charge in [0.1, 0.15) is 11.6 Å². The Bertz CT molecular complexity index is 1850. The average Bonchev–Trinajstić information content (AvgIpc) is 3.74. The lowest BCUT2D eigenvalue weighted by Crippen LogP contribution is -2.41. The van der Waals surface area contributed by atoms with E-state index in [4.69, 9.17) is 28.3 Å². The van der Waals surface area contributed by atoms with E-state index >= 15 is 4.39 Å². The minimum atomic E-state index is -0.710. The number of benzene rings is 2. The van der Waals surface area contributed by atoms with Crippen molar-refractivity contribution in [2.24, 2.45) is 0 Å². The maximum Gasteiger partial charge on any atom is 0.495 e. The molecule has 4 aromatic rings. The van der Waals surface area contributed by atoms with Crippen molar-refractivity contribution in [2.75, 3.05) is 0 Å². The summed E-state index contributed by atoms with van der Waals surface area (Å²) in [6, 6.07) is 11.7. The van der Waals surface area contributed by atoms with Crippen LogP contribution in [0.25, 0.3) is 22.2 Å². The van der Waals surface area contributed by atoms with Crippen LogP contribution in [0.15, 0.2) is 42.6 Å². The molecule has 2 aromatic heterocycles. The van der Waals surface area contributed by atoms with Crippen molar-refractivity contribution < 1.29 is 27.7 Å². The molecule has 2 aromatic carbocycles. The molecule has 5 heterocycles. The lowest BCUT2D eigenvalue weighted by atomic mass is 9.78. The van der Waals surface area contributed by atoms with Crippen LogP contribution < -0.4 is 15.7 Å². The highest BCUT2D eigenvalue weighted by Crippen LogP contribution is 2.47. The van der Waals surface area contributed by atoms with Crippen molar-refractivity contribution in [1.82, 2.24) is 9.55 Å². The number of ether oxygens (including phenoxy) is 1. The Kier molecular flexibility index (Phi) is 7.16. The van der Waals surface area contributed by atoms with Crippen LogP contribution in [-0.2, 0) is 18.6 Å². The van der Waals surface area contributed by atoms with Gasteiger partial charge in [-0.05, 0) is 103 Å². The second-order valence-corrected chi connectivity index (χ2v) is 16.8. The van der Waals surface area contributed by atoms with Gasteiger partial charge in [0.15, 0.2) is 0 Å². The van der Waals surface area contributed by atoms with E-state index in [2.05, 4.69) is 50.5 Å². The third-order valence-electron chi connectivity index (χ3n) is 11.5. The number of nitrogens with zero attached hydrogens (tertiary/aromatic N) is 2. The van der Waals surface area contributed by atoms with Crippen molar-refractivity contribution >= 4 is 47.4 Å². The third kappa shape index (κ3) is 5.02. The van der Waals surface area contributed by atoms with Crippen molar-refractivity contribution in [2.45, 2.75) is 122 Å². The minimum absolute atomic E-state index is 0.381. The van der Waals surface area contributed by atoms with Crippen LogP contribution in [0.1, 0.15) is 110 Å². The number of rotatable bonds is 4. The van der Waals surface area contributed by atoms with Crippen molar-refractivity contribution in [3.05, 3.63) is 58.3 Å². The lowest BCUT2D eigenvalue weighted by Gasteiger charge is -2.32. The molecule has 47 heavy (non-hydrogen) atoms. The highest BCUT2D eigenvalue weighted by atomic mass is 32.1. The summed E-state index contributed by atoms with van der Waals surface area (Å²) in [6.45, 7) is 16.2. The van der Waals surface area contributed by atoms with E-state index in [0.717, 1.165) is 31.9 Å². The van der Waals surface area contributed by atoms with Crippen LogP contribution in [0, 0.1) is 5.82 Å². The molecule has 1 saturated carbocycles. The van der Waals surface area contributed by atoms with Gasteiger partial charge >= 0.3 is 14.2 Å².